The first-order valence-corrected chi connectivity index (χ1v) is 5.23. The lowest BCUT2D eigenvalue weighted by molar-refractivity contribution is -0.137. The van der Waals surface area contributed by atoms with Gasteiger partial charge in [-0.1, -0.05) is 11.6 Å². The third-order valence-electron chi connectivity index (χ3n) is 2.95. The highest BCUT2D eigenvalue weighted by atomic mass is 35.5. The molecule has 0 unspecified atom stereocenters. The predicted molar refractivity (Wildman–Crippen MR) is 56.2 cm³/mol. The third-order valence-corrected chi connectivity index (χ3v) is 3.27. The van der Waals surface area contributed by atoms with Gasteiger partial charge in [0.1, 0.15) is 0 Å². The summed E-state index contributed by atoms with van der Waals surface area (Å²) in [6, 6.07) is 2.41. The zero-order valence-corrected chi connectivity index (χ0v) is 9.09. The molecule has 2 rings (SSSR count). The molecule has 0 aromatic heterocycles. The van der Waals surface area contributed by atoms with Crippen molar-refractivity contribution in [1.29, 1.82) is 0 Å². The first kappa shape index (κ1) is 11.2. The fourth-order valence-corrected chi connectivity index (χ4v) is 2.35. The number of phenols is 1. The van der Waals surface area contributed by atoms with E-state index in [-0.39, 0.29) is 17.0 Å². The van der Waals surface area contributed by atoms with E-state index in [9.17, 15) is 14.3 Å². The third kappa shape index (κ3) is 1.73. The highest BCUT2D eigenvalue weighted by Crippen LogP contribution is 2.56. The minimum absolute atomic E-state index is 0.135. The number of phenolic OH excluding ortho intramolecular Hbond substituents is 1. The summed E-state index contributed by atoms with van der Waals surface area (Å²) >= 11 is 5.89. The van der Waals surface area contributed by atoms with Crippen molar-refractivity contribution in [1.82, 2.24) is 0 Å². The molecule has 1 aliphatic carbocycles. The predicted octanol–water partition coefficient (Wildman–Crippen LogP) is 2.69. The van der Waals surface area contributed by atoms with Gasteiger partial charge in [-0.25, -0.2) is 4.39 Å². The Morgan fingerprint density at radius 1 is 1.50 bits per heavy atom. The van der Waals surface area contributed by atoms with Gasteiger partial charge in [-0.3, -0.25) is 4.79 Å². The summed E-state index contributed by atoms with van der Waals surface area (Å²) in [7, 11) is 0. The van der Waals surface area contributed by atoms with Crippen molar-refractivity contribution in [3.63, 3.8) is 0 Å². The van der Waals surface area contributed by atoms with Crippen LogP contribution in [0.25, 0.3) is 0 Å². The van der Waals surface area contributed by atoms with Gasteiger partial charge in [0.15, 0.2) is 11.6 Å². The van der Waals surface area contributed by atoms with Crippen LogP contribution in [0, 0.1) is 5.82 Å². The van der Waals surface area contributed by atoms with Crippen LogP contribution in [0.2, 0.25) is 5.02 Å². The first-order valence-electron chi connectivity index (χ1n) is 4.85. The van der Waals surface area contributed by atoms with E-state index in [0.717, 1.165) is 6.07 Å². The SMILES string of the molecule is O=C(O)CC1(c2c(Cl)ccc(F)c2O)CC1. The Balaban J connectivity index is 2.48. The molecular weight excluding hydrogens is 235 g/mol. The monoisotopic (exact) mass is 244 g/mol. The van der Waals surface area contributed by atoms with E-state index in [2.05, 4.69) is 0 Å². The molecule has 0 saturated heterocycles. The molecule has 1 aromatic rings. The van der Waals surface area contributed by atoms with Gasteiger partial charge in [0.25, 0.3) is 0 Å². The molecule has 2 N–H and O–H groups in total. The van der Waals surface area contributed by atoms with Gasteiger partial charge >= 0.3 is 5.97 Å². The fourth-order valence-electron chi connectivity index (χ4n) is 2.00. The lowest BCUT2D eigenvalue weighted by Crippen LogP contribution is -2.14. The molecule has 5 heteroatoms. The van der Waals surface area contributed by atoms with Crippen LogP contribution in [0.5, 0.6) is 5.75 Å². The maximum absolute atomic E-state index is 13.2. The normalized spacial score (nSPS) is 17.1. The van der Waals surface area contributed by atoms with E-state index in [1.165, 1.54) is 6.07 Å². The standard InChI is InChI=1S/C11H10ClFO3/c12-6-1-2-7(13)10(16)9(6)11(3-4-11)5-8(14)15/h1-2,16H,3-5H2,(H,14,15). The van der Waals surface area contributed by atoms with Crippen molar-refractivity contribution in [3.05, 3.63) is 28.5 Å². The van der Waals surface area contributed by atoms with Crippen molar-refractivity contribution in [2.24, 2.45) is 0 Å². The molecule has 0 spiro atoms. The van der Waals surface area contributed by atoms with Gasteiger partial charge in [0.2, 0.25) is 0 Å². The molecule has 16 heavy (non-hydrogen) atoms. The van der Waals surface area contributed by atoms with E-state index >= 15 is 0 Å². The number of benzene rings is 1. The number of hydrogen-bond acceptors (Lipinski definition) is 2. The molecule has 0 heterocycles. The highest BCUT2D eigenvalue weighted by Gasteiger charge is 2.49. The van der Waals surface area contributed by atoms with Crippen LogP contribution in [0.1, 0.15) is 24.8 Å². The molecule has 0 aliphatic heterocycles. The van der Waals surface area contributed by atoms with E-state index in [0.29, 0.717) is 12.8 Å². The smallest absolute Gasteiger partial charge is 0.304 e. The zero-order valence-electron chi connectivity index (χ0n) is 8.33. The van der Waals surface area contributed by atoms with Crippen LogP contribution in [-0.4, -0.2) is 16.2 Å². The van der Waals surface area contributed by atoms with Crippen LogP contribution >= 0.6 is 11.6 Å². The number of halogens is 2. The van der Waals surface area contributed by atoms with Crippen molar-refractivity contribution >= 4 is 17.6 Å². The van der Waals surface area contributed by atoms with Crippen LogP contribution in [0.4, 0.5) is 4.39 Å². The Hall–Kier alpha value is -1.29. The number of aromatic hydroxyl groups is 1. The molecule has 1 saturated carbocycles. The highest BCUT2D eigenvalue weighted by molar-refractivity contribution is 6.31. The Labute approximate surface area is 96.5 Å². The van der Waals surface area contributed by atoms with Gasteiger partial charge in [0, 0.05) is 16.0 Å². The second-order valence-electron chi connectivity index (χ2n) is 4.10. The van der Waals surface area contributed by atoms with Gasteiger partial charge in [-0.15, -0.1) is 0 Å². The summed E-state index contributed by atoms with van der Waals surface area (Å²) in [6.45, 7) is 0. The van der Waals surface area contributed by atoms with Crippen molar-refractivity contribution in [3.8, 4) is 5.75 Å². The van der Waals surface area contributed by atoms with Crippen LogP contribution in [0.3, 0.4) is 0 Å². The first-order chi connectivity index (χ1) is 7.46. The minimum Gasteiger partial charge on any atom is -0.505 e. The fraction of sp³-hybridized carbons (Fsp3) is 0.364. The molecule has 0 radical (unpaired) electrons. The Kier molecular flexibility index (Phi) is 2.54. The van der Waals surface area contributed by atoms with Crippen LogP contribution < -0.4 is 0 Å². The number of carboxylic acids is 1. The molecule has 86 valence electrons. The Bertz CT molecular complexity index is 455. The lowest BCUT2D eigenvalue weighted by atomic mass is 9.91. The molecule has 0 atom stereocenters. The number of hydrogen-bond donors (Lipinski definition) is 2. The van der Waals surface area contributed by atoms with Crippen molar-refractivity contribution < 1.29 is 19.4 Å². The average Bonchev–Trinajstić information content (AvgIpc) is 2.92. The molecule has 1 fully saturated rings. The Morgan fingerprint density at radius 3 is 2.62 bits per heavy atom. The van der Waals surface area contributed by atoms with E-state index in [1.807, 2.05) is 0 Å². The second kappa shape index (κ2) is 3.63. The summed E-state index contributed by atoms with van der Waals surface area (Å²) in [6.07, 6.45) is 1.08. The summed E-state index contributed by atoms with van der Waals surface area (Å²) < 4.78 is 13.2. The van der Waals surface area contributed by atoms with E-state index < -0.39 is 23.0 Å². The zero-order chi connectivity index (χ0) is 11.9. The quantitative estimate of drug-likeness (QED) is 0.860. The molecule has 3 nitrogen and oxygen atoms in total. The maximum Gasteiger partial charge on any atom is 0.304 e. The number of carbonyl (C=O) groups is 1. The van der Waals surface area contributed by atoms with Crippen LogP contribution in [0.15, 0.2) is 12.1 Å². The number of rotatable bonds is 3. The summed E-state index contributed by atoms with van der Waals surface area (Å²) in [5, 5.41) is 18.6. The molecule has 0 amide bonds. The summed E-state index contributed by atoms with van der Waals surface area (Å²) in [5.41, 5.74) is -0.452. The lowest BCUT2D eigenvalue weighted by Gasteiger charge is -2.16. The minimum atomic E-state index is -0.975. The molecule has 1 aliphatic rings. The number of carboxylic acid groups (broad SMARTS) is 1. The molecule has 0 bridgehead atoms. The van der Waals surface area contributed by atoms with Gasteiger partial charge in [-0.2, -0.15) is 0 Å². The van der Waals surface area contributed by atoms with E-state index in [4.69, 9.17) is 16.7 Å². The maximum atomic E-state index is 13.2. The molecular formula is C11H10ClFO3. The molecule has 1 aromatic carbocycles. The second-order valence-corrected chi connectivity index (χ2v) is 4.51. The summed E-state index contributed by atoms with van der Waals surface area (Å²) in [4.78, 5) is 10.7. The van der Waals surface area contributed by atoms with E-state index in [1.54, 1.807) is 0 Å². The van der Waals surface area contributed by atoms with Gasteiger partial charge in [0.05, 0.1) is 6.42 Å². The average molecular weight is 245 g/mol. The van der Waals surface area contributed by atoms with Gasteiger partial charge in [-0.05, 0) is 25.0 Å². The Morgan fingerprint density at radius 2 is 2.12 bits per heavy atom. The van der Waals surface area contributed by atoms with Crippen molar-refractivity contribution in [2.45, 2.75) is 24.7 Å². The summed E-state index contributed by atoms with van der Waals surface area (Å²) in [5.74, 6) is -2.26. The topological polar surface area (TPSA) is 57.5 Å². The van der Waals surface area contributed by atoms with Crippen LogP contribution in [-0.2, 0) is 10.2 Å². The van der Waals surface area contributed by atoms with Crippen molar-refractivity contribution in [2.75, 3.05) is 0 Å². The van der Waals surface area contributed by atoms with Gasteiger partial charge < -0.3 is 10.2 Å². The largest absolute Gasteiger partial charge is 0.505 e. The number of aliphatic carboxylic acids is 1.